The quantitative estimate of drug-likeness (QED) is 0.721. The first-order valence-corrected chi connectivity index (χ1v) is 6.82. The highest BCUT2D eigenvalue weighted by Crippen LogP contribution is 2.15. The lowest BCUT2D eigenvalue weighted by atomic mass is 10.1. The van der Waals surface area contributed by atoms with Gasteiger partial charge >= 0.3 is 0 Å². The minimum atomic E-state index is -3.16. The number of nitrogens with one attached hydrogen (secondary N) is 1. The van der Waals surface area contributed by atoms with Crippen molar-refractivity contribution in [1.29, 1.82) is 0 Å². The first kappa shape index (κ1) is 15.4. The Balaban J connectivity index is 4.36. The van der Waals surface area contributed by atoms with Crippen LogP contribution in [0.15, 0.2) is 0 Å². The molecule has 16 heavy (non-hydrogen) atoms. The molecule has 0 aromatic heterocycles. The minimum Gasteiger partial charge on any atom is -0.368 e. The third-order valence-corrected chi connectivity index (χ3v) is 5.09. The lowest BCUT2D eigenvalue weighted by molar-refractivity contribution is -0.123. The number of carbonyl (C=O) groups is 1. The summed E-state index contributed by atoms with van der Waals surface area (Å²) in [5, 5.41) is 2.83. The van der Waals surface area contributed by atoms with E-state index in [4.69, 9.17) is 5.73 Å². The maximum Gasteiger partial charge on any atom is 0.237 e. The number of hydrogen-bond donors (Lipinski definition) is 2. The summed E-state index contributed by atoms with van der Waals surface area (Å²) >= 11 is 0. The fraction of sp³-hybridized carbons (Fsp3) is 0.900. The zero-order valence-electron chi connectivity index (χ0n) is 10.6. The summed E-state index contributed by atoms with van der Waals surface area (Å²) in [6.45, 7) is 8.43. The van der Waals surface area contributed by atoms with Crippen LogP contribution in [-0.4, -0.2) is 36.9 Å². The summed E-state index contributed by atoms with van der Waals surface area (Å²) in [5.74, 6) is -0.506. The molecule has 0 aromatic rings. The van der Waals surface area contributed by atoms with Gasteiger partial charge in [0.2, 0.25) is 5.91 Å². The predicted molar refractivity (Wildman–Crippen MR) is 64.8 cm³/mol. The minimum absolute atomic E-state index is 0.00674. The van der Waals surface area contributed by atoms with Crippen LogP contribution in [0.25, 0.3) is 0 Å². The van der Waals surface area contributed by atoms with Crippen molar-refractivity contribution >= 4 is 15.7 Å². The molecule has 3 N–H and O–H groups in total. The number of hydrogen-bond acceptors (Lipinski definition) is 4. The molecule has 0 aliphatic heterocycles. The van der Waals surface area contributed by atoms with E-state index in [2.05, 4.69) is 5.32 Å². The van der Waals surface area contributed by atoms with Gasteiger partial charge in [0.05, 0.1) is 16.0 Å². The van der Waals surface area contributed by atoms with Crippen LogP contribution in [0.5, 0.6) is 0 Å². The number of rotatable bonds is 5. The third kappa shape index (κ3) is 4.09. The zero-order valence-corrected chi connectivity index (χ0v) is 11.4. The molecule has 0 fully saturated rings. The van der Waals surface area contributed by atoms with Crippen molar-refractivity contribution in [3.8, 4) is 0 Å². The molecule has 0 aliphatic carbocycles. The molecule has 0 rings (SSSR count). The van der Waals surface area contributed by atoms with E-state index in [1.165, 1.54) is 0 Å². The number of nitrogens with two attached hydrogens (primary N) is 1. The van der Waals surface area contributed by atoms with E-state index in [9.17, 15) is 13.2 Å². The Morgan fingerprint density at radius 2 is 1.62 bits per heavy atom. The summed E-state index contributed by atoms with van der Waals surface area (Å²) in [5.41, 5.74) is 4.27. The Morgan fingerprint density at radius 1 is 1.19 bits per heavy atom. The molecular weight excluding hydrogens is 228 g/mol. The summed E-state index contributed by atoms with van der Waals surface area (Å²) in [6.07, 6.45) is 0. The number of amides is 1. The molecule has 0 aromatic carbocycles. The normalized spacial score (nSPS) is 13.8. The van der Waals surface area contributed by atoms with Crippen LogP contribution >= 0.6 is 0 Å². The van der Waals surface area contributed by atoms with Crippen molar-refractivity contribution in [1.82, 2.24) is 5.32 Å². The molecule has 0 unspecified atom stereocenters. The smallest absolute Gasteiger partial charge is 0.237 e. The van der Waals surface area contributed by atoms with E-state index in [-0.39, 0.29) is 12.3 Å². The van der Waals surface area contributed by atoms with E-state index < -0.39 is 26.0 Å². The van der Waals surface area contributed by atoms with E-state index in [1.807, 2.05) is 0 Å². The van der Waals surface area contributed by atoms with Crippen LogP contribution in [0.4, 0.5) is 0 Å². The van der Waals surface area contributed by atoms with Gasteiger partial charge in [-0.15, -0.1) is 0 Å². The van der Waals surface area contributed by atoms with Gasteiger partial charge in [0.1, 0.15) is 0 Å². The van der Waals surface area contributed by atoms with E-state index >= 15 is 0 Å². The second-order valence-electron chi connectivity index (χ2n) is 5.35. The monoisotopic (exact) mass is 250 g/mol. The van der Waals surface area contributed by atoms with Crippen molar-refractivity contribution in [2.24, 2.45) is 5.73 Å². The van der Waals surface area contributed by atoms with Crippen LogP contribution in [0.2, 0.25) is 0 Å². The summed E-state index contributed by atoms with van der Waals surface area (Å²) in [4.78, 5) is 11.0. The van der Waals surface area contributed by atoms with E-state index in [0.717, 1.165) is 0 Å². The average molecular weight is 250 g/mol. The fourth-order valence-electron chi connectivity index (χ4n) is 0.891. The molecule has 0 atom stereocenters. The Kier molecular flexibility index (Phi) is 4.53. The molecule has 5 nitrogen and oxygen atoms in total. The molecule has 0 spiro atoms. The number of sulfone groups is 1. The molecule has 0 aliphatic rings. The van der Waals surface area contributed by atoms with Gasteiger partial charge < -0.3 is 11.1 Å². The highest BCUT2D eigenvalue weighted by molar-refractivity contribution is 7.92. The number of carbonyl (C=O) groups excluding carboxylic acids is 1. The SMILES string of the molecule is CC(C)(NCCS(=O)(=O)C(C)(C)C)C(N)=O. The highest BCUT2D eigenvalue weighted by atomic mass is 32.2. The maximum atomic E-state index is 11.8. The average Bonchev–Trinajstić information content (AvgIpc) is 2.00. The third-order valence-electron chi connectivity index (χ3n) is 2.49. The molecule has 0 saturated carbocycles. The summed E-state index contributed by atoms with van der Waals surface area (Å²) in [6, 6.07) is 0. The van der Waals surface area contributed by atoms with Gasteiger partial charge in [0.15, 0.2) is 9.84 Å². The largest absolute Gasteiger partial charge is 0.368 e. The van der Waals surface area contributed by atoms with Crippen molar-refractivity contribution in [2.75, 3.05) is 12.3 Å². The van der Waals surface area contributed by atoms with Crippen LogP contribution < -0.4 is 11.1 Å². The molecule has 1 amide bonds. The lowest BCUT2D eigenvalue weighted by Gasteiger charge is -2.24. The molecule has 0 saturated heterocycles. The van der Waals surface area contributed by atoms with Gasteiger partial charge in [-0.05, 0) is 34.6 Å². The topological polar surface area (TPSA) is 89.3 Å². The Morgan fingerprint density at radius 3 is 1.94 bits per heavy atom. The Labute approximate surface area is 97.7 Å². The van der Waals surface area contributed by atoms with Crippen LogP contribution in [0.1, 0.15) is 34.6 Å². The standard InChI is InChI=1S/C10H22N2O3S/c1-9(2,3)16(14,15)7-6-12-10(4,5)8(11)13/h12H,6-7H2,1-5H3,(H2,11,13). The van der Waals surface area contributed by atoms with Gasteiger partial charge in [-0.1, -0.05) is 0 Å². The molecular formula is C10H22N2O3S. The molecule has 0 heterocycles. The van der Waals surface area contributed by atoms with E-state index in [1.54, 1.807) is 34.6 Å². The van der Waals surface area contributed by atoms with Crippen molar-refractivity contribution in [2.45, 2.75) is 44.9 Å². The van der Waals surface area contributed by atoms with Crippen LogP contribution in [0, 0.1) is 0 Å². The predicted octanol–water partition coefficient (Wildman–Crippen LogP) is 0.0532. The van der Waals surface area contributed by atoms with Crippen LogP contribution in [0.3, 0.4) is 0 Å². The summed E-state index contributed by atoms with van der Waals surface area (Å²) < 4.78 is 22.7. The number of primary amides is 1. The van der Waals surface area contributed by atoms with Gasteiger partial charge in [-0.3, -0.25) is 4.79 Å². The lowest BCUT2D eigenvalue weighted by Crippen LogP contribution is -2.52. The van der Waals surface area contributed by atoms with Gasteiger partial charge in [0.25, 0.3) is 0 Å². The Bertz CT molecular complexity index is 353. The Hall–Kier alpha value is -0.620. The van der Waals surface area contributed by atoms with Crippen LogP contribution in [-0.2, 0) is 14.6 Å². The fourth-order valence-corrected chi connectivity index (χ4v) is 1.87. The van der Waals surface area contributed by atoms with Crippen molar-refractivity contribution < 1.29 is 13.2 Å². The molecule has 96 valence electrons. The first-order valence-electron chi connectivity index (χ1n) is 5.17. The van der Waals surface area contributed by atoms with Gasteiger partial charge in [-0.25, -0.2) is 8.42 Å². The second kappa shape index (κ2) is 4.71. The maximum absolute atomic E-state index is 11.8. The second-order valence-corrected chi connectivity index (χ2v) is 8.21. The van der Waals surface area contributed by atoms with Gasteiger partial charge in [0, 0.05) is 6.54 Å². The summed E-state index contributed by atoms with van der Waals surface area (Å²) in [7, 11) is -3.16. The van der Waals surface area contributed by atoms with Crippen molar-refractivity contribution in [3.63, 3.8) is 0 Å². The van der Waals surface area contributed by atoms with E-state index in [0.29, 0.717) is 0 Å². The highest BCUT2D eigenvalue weighted by Gasteiger charge is 2.30. The first-order chi connectivity index (χ1) is 6.90. The molecule has 0 radical (unpaired) electrons. The van der Waals surface area contributed by atoms with Gasteiger partial charge in [-0.2, -0.15) is 0 Å². The van der Waals surface area contributed by atoms with Crippen molar-refractivity contribution in [3.05, 3.63) is 0 Å². The zero-order chi connectivity index (χ0) is 13.2. The molecule has 0 bridgehead atoms. The molecule has 6 heteroatoms.